The van der Waals surface area contributed by atoms with E-state index in [1.165, 1.54) is 37.2 Å². The molecule has 4 rings (SSSR count). The molecule has 0 spiro atoms. The molecule has 1 aromatic heterocycles. The van der Waals surface area contributed by atoms with Gasteiger partial charge in [0.15, 0.2) is 10.9 Å². The lowest BCUT2D eigenvalue weighted by molar-refractivity contribution is -0.114. The number of piperidine rings is 1. The third kappa shape index (κ3) is 5.36. The molecular weight excluding hydrogens is 438 g/mol. The minimum absolute atomic E-state index is 0.0836. The second-order valence-electron chi connectivity index (χ2n) is 8.13. The van der Waals surface area contributed by atoms with Gasteiger partial charge in [-0.05, 0) is 56.5 Å². The quantitative estimate of drug-likeness (QED) is 0.306. The standard InChI is InChI=1S/C24H27N5O3S/c1-16-6-9-19(10-7-16)29-23(28-12-4-3-5-13-28)26-27-24(29)33-15-22(32)18-8-11-21(31)20(14-18)25-17(2)30/h6-11,14,31H,3-5,12-13,15H2,1-2H3,(H,25,30). The molecule has 9 heteroatoms. The number of nitrogens with one attached hydrogen (secondary N) is 1. The number of Topliss-reactive ketones (excluding diaryl/α,β-unsaturated/α-hetero) is 1. The number of hydrogen-bond acceptors (Lipinski definition) is 7. The zero-order chi connectivity index (χ0) is 23.4. The summed E-state index contributed by atoms with van der Waals surface area (Å²) in [6, 6.07) is 12.6. The largest absolute Gasteiger partial charge is 0.506 e. The summed E-state index contributed by atoms with van der Waals surface area (Å²) in [5.41, 5.74) is 2.74. The number of thioether (sulfide) groups is 1. The van der Waals surface area contributed by atoms with Crippen molar-refractivity contribution in [2.24, 2.45) is 0 Å². The van der Waals surface area contributed by atoms with E-state index < -0.39 is 0 Å². The monoisotopic (exact) mass is 465 g/mol. The minimum atomic E-state index is -0.319. The van der Waals surface area contributed by atoms with Crippen molar-refractivity contribution < 1.29 is 14.7 Å². The van der Waals surface area contributed by atoms with Gasteiger partial charge in [-0.15, -0.1) is 10.2 Å². The number of phenols is 1. The highest BCUT2D eigenvalue weighted by atomic mass is 32.2. The van der Waals surface area contributed by atoms with Gasteiger partial charge in [-0.2, -0.15) is 0 Å². The molecule has 1 fully saturated rings. The van der Waals surface area contributed by atoms with E-state index in [2.05, 4.69) is 32.5 Å². The first-order valence-corrected chi connectivity index (χ1v) is 11.9. The van der Waals surface area contributed by atoms with E-state index in [-0.39, 0.29) is 28.9 Å². The summed E-state index contributed by atoms with van der Waals surface area (Å²) in [5.74, 6) is 0.407. The molecule has 2 aromatic carbocycles. The number of ketones is 1. The Morgan fingerprint density at radius 3 is 2.48 bits per heavy atom. The Labute approximate surface area is 197 Å². The molecule has 1 saturated heterocycles. The molecule has 0 saturated carbocycles. The summed E-state index contributed by atoms with van der Waals surface area (Å²) >= 11 is 1.32. The van der Waals surface area contributed by atoms with Crippen molar-refractivity contribution >= 4 is 35.1 Å². The molecule has 1 amide bonds. The topological polar surface area (TPSA) is 100 Å². The Bertz CT molecular complexity index is 1150. The van der Waals surface area contributed by atoms with Gasteiger partial charge < -0.3 is 15.3 Å². The van der Waals surface area contributed by atoms with Crippen molar-refractivity contribution in [2.75, 3.05) is 29.1 Å². The van der Waals surface area contributed by atoms with E-state index in [0.29, 0.717) is 10.7 Å². The fraction of sp³-hybridized carbons (Fsp3) is 0.333. The fourth-order valence-electron chi connectivity index (χ4n) is 3.79. The van der Waals surface area contributed by atoms with Crippen LogP contribution < -0.4 is 10.2 Å². The molecule has 1 aliphatic heterocycles. The zero-order valence-corrected chi connectivity index (χ0v) is 19.6. The van der Waals surface area contributed by atoms with Gasteiger partial charge in [-0.1, -0.05) is 29.5 Å². The number of hydrogen-bond donors (Lipinski definition) is 2. The lowest BCUT2D eigenvalue weighted by Gasteiger charge is -2.27. The molecule has 0 unspecified atom stereocenters. The second-order valence-corrected chi connectivity index (χ2v) is 9.07. The second kappa shape index (κ2) is 10.1. The Kier molecular flexibility index (Phi) is 6.98. The highest BCUT2D eigenvalue weighted by molar-refractivity contribution is 7.99. The molecule has 33 heavy (non-hydrogen) atoms. The maximum absolute atomic E-state index is 12.9. The molecule has 0 atom stereocenters. The van der Waals surface area contributed by atoms with Gasteiger partial charge in [0.25, 0.3) is 0 Å². The highest BCUT2D eigenvalue weighted by Crippen LogP contribution is 2.30. The van der Waals surface area contributed by atoms with Crippen LogP contribution in [0.3, 0.4) is 0 Å². The third-order valence-electron chi connectivity index (χ3n) is 5.51. The first kappa shape index (κ1) is 22.8. The Hall–Kier alpha value is -3.33. The van der Waals surface area contributed by atoms with E-state index in [9.17, 15) is 14.7 Å². The van der Waals surface area contributed by atoms with E-state index in [0.717, 1.165) is 43.1 Å². The van der Waals surface area contributed by atoms with Crippen LogP contribution in [0.2, 0.25) is 0 Å². The van der Waals surface area contributed by atoms with Gasteiger partial charge in [0, 0.05) is 25.6 Å². The lowest BCUT2D eigenvalue weighted by atomic mass is 10.1. The van der Waals surface area contributed by atoms with Crippen LogP contribution in [0.4, 0.5) is 11.6 Å². The van der Waals surface area contributed by atoms with Gasteiger partial charge in [0.05, 0.1) is 17.1 Å². The number of aromatic hydroxyl groups is 1. The SMILES string of the molecule is CC(=O)Nc1cc(C(=O)CSc2nnc(N3CCCCC3)n2-c2ccc(C)cc2)ccc1O. The third-order valence-corrected chi connectivity index (χ3v) is 6.44. The van der Waals surface area contributed by atoms with Crippen LogP contribution in [-0.2, 0) is 4.79 Å². The zero-order valence-electron chi connectivity index (χ0n) is 18.7. The van der Waals surface area contributed by atoms with Crippen LogP contribution in [0, 0.1) is 6.92 Å². The van der Waals surface area contributed by atoms with E-state index >= 15 is 0 Å². The average Bonchev–Trinajstić information content (AvgIpc) is 3.23. The maximum Gasteiger partial charge on any atom is 0.232 e. The number of amides is 1. The average molecular weight is 466 g/mol. The summed E-state index contributed by atoms with van der Waals surface area (Å²) in [6.45, 7) is 5.27. The summed E-state index contributed by atoms with van der Waals surface area (Å²) < 4.78 is 2.02. The van der Waals surface area contributed by atoms with Crippen LogP contribution in [0.5, 0.6) is 5.75 Å². The number of nitrogens with zero attached hydrogens (tertiary/aromatic N) is 4. The van der Waals surface area contributed by atoms with Gasteiger partial charge in [0.1, 0.15) is 5.75 Å². The van der Waals surface area contributed by atoms with Crippen LogP contribution >= 0.6 is 11.8 Å². The van der Waals surface area contributed by atoms with Crippen molar-refractivity contribution in [3.63, 3.8) is 0 Å². The van der Waals surface area contributed by atoms with Crippen LogP contribution in [-0.4, -0.2) is 50.4 Å². The van der Waals surface area contributed by atoms with Crippen molar-refractivity contribution in [2.45, 2.75) is 38.3 Å². The first-order valence-electron chi connectivity index (χ1n) is 11.0. The van der Waals surface area contributed by atoms with Crippen molar-refractivity contribution in [3.8, 4) is 11.4 Å². The molecular formula is C24H27N5O3S. The number of aryl methyl sites for hydroxylation is 1. The summed E-state index contributed by atoms with van der Waals surface area (Å²) in [7, 11) is 0. The number of phenolic OH excluding ortho intramolecular Hbond substituents is 1. The van der Waals surface area contributed by atoms with Crippen LogP contribution in [0.15, 0.2) is 47.6 Å². The number of aromatic nitrogens is 3. The van der Waals surface area contributed by atoms with Crippen molar-refractivity contribution in [3.05, 3.63) is 53.6 Å². The Balaban J connectivity index is 1.58. The molecule has 2 N–H and O–H groups in total. The highest BCUT2D eigenvalue weighted by Gasteiger charge is 2.22. The Morgan fingerprint density at radius 1 is 1.06 bits per heavy atom. The summed E-state index contributed by atoms with van der Waals surface area (Å²) in [6.07, 6.45) is 3.47. The molecule has 8 nitrogen and oxygen atoms in total. The Morgan fingerprint density at radius 2 is 1.79 bits per heavy atom. The maximum atomic E-state index is 12.9. The minimum Gasteiger partial charge on any atom is -0.506 e. The van der Waals surface area contributed by atoms with Crippen molar-refractivity contribution in [1.82, 2.24) is 14.8 Å². The first-order chi connectivity index (χ1) is 15.9. The number of anilines is 2. The van der Waals surface area contributed by atoms with Crippen LogP contribution in [0.25, 0.3) is 5.69 Å². The number of carbonyl (C=O) groups is 2. The summed E-state index contributed by atoms with van der Waals surface area (Å²) in [4.78, 5) is 26.5. The van der Waals surface area contributed by atoms with E-state index in [4.69, 9.17) is 0 Å². The van der Waals surface area contributed by atoms with Gasteiger partial charge >= 0.3 is 0 Å². The van der Waals surface area contributed by atoms with Crippen LogP contribution in [0.1, 0.15) is 42.1 Å². The predicted molar refractivity (Wildman–Crippen MR) is 130 cm³/mol. The molecule has 0 radical (unpaired) electrons. The fourth-order valence-corrected chi connectivity index (χ4v) is 4.63. The molecule has 1 aliphatic rings. The smallest absolute Gasteiger partial charge is 0.232 e. The predicted octanol–water partition coefficient (Wildman–Crippen LogP) is 4.21. The lowest BCUT2D eigenvalue weighted by Crippen LogP contribution is -2.31. The molecule has 172 valence electrons. The number of benzene rings is 2. The van der Waals surface area contributed by atoms with Gasteiger partial charge in [-0.3, -0.25) is 14.2 Å². The number of rotatable bonds is 7. The van der Waals surface area contributed by atoms with Gasteiger partial charge in [-0.25, -0.2) is 0 Å². The van der Waals surface area contributed by atoms with Gasteiger partial charge in [0.2, 0.25) is 11.9 Å². The van der Waals surface area contributed by atoms with E-state index in [1.807, 2.05) is 23.6 Å². The normalized spacial score (nSPS) is 13.7. The molecule has 2 heterocycles. The number of carbonyl (C=O) groups excluding carboxylic acids is 2. The summed E-state index contributed by atoms with van der Waals surface area (Å²) in [5, 5.41) is 22.0. The molecule has 0 bridgehead atoms. The van der Waals surface area contributed by atoms with Crippen molar-refractivity contribution in [1.29, 1.82) is 0 Å². The molecule has 3 aromatic rings. The van der Waals surface area contributed by atoms with E-state index in [1.54, 1.807) is 6.07 Å². The molecule has 0 aliphatic carbocycles.